The second-order valence-electron chi connectivity index (χ2n) is 9.03. The Hall–Kier alpha value is -2.06. The van der Waals surface area contributed by atoms with Crippen LogP contribution in [0.3, 0.4) is 0 Å². The van der Waals surface area contributed by atoms with E-state index in [9.17, 15) is 0 Å². The molecule has 0 aliphatic rings. The van der Waals surface area contributed by atoms with Gasteiger partial charge in [-0.1, -0.05) is 146 Å². The van der Waals surface area contributed by atoms with Crippen molar-refractivity contribution in [1.29, 1.82) is 0 Å². The molecule has 0 spiro atoms. The summed E-state index contributed by atoms with van der Waals surface area (Å²) in [4.78, 5) is 3.50. The highest BCUT2D eigenvalue weighted by molar-refractivity contribution is 5.84. The SMILES string of the molecule is C.C.C.CCC(O)CC.CCCCC.CCCc1c(CC)[nH]c2ccccc12.CCc1ccccc1CC. The molecule has 0 fully saturated rings. The highest BCUT2D eigenvalue weighted by Crippen LogP contribution is 2.23. The van der Waals surface area contributed by atoms with Crippen molar-refractivity contribution in [3.63, 3.8) is 0 Å². The van der Waals surface area contributed by atoms with E-state index in [1.54, 1.807) is 0 Å². The summed E-state index contributed by atoms with van der Waals surface area (Å²) >= 11 is 0. The monoisotopic (exact) mass is 530 g/mol. The molecule has 3 rings (SSSR count). The van der Waals surface area contributed by atoms with Crippen LogP contribution in [-0.4, -0.2) is 16.2 Å². The number of aromatic amines is 1. The van der Waals surface area contributed by atoms with Crippen LogP contribution >= 0.6 is 0 Å². The zero-order valence-electron chi connectivity index (χ0n) is 24.2. The number of hydrogen-bond donors (Lipinski definition) is 2. The van der Waals surface area contributed by atoms with E-state index in [0.717, 1.165) is 32.1 Å². The van der Waals surface area contributed by atoms with E-state index >= 15 is 0 Å². The molecule has 2 aromatic carbocycles. The van der Waals surface area contributed by atoms with Crippen molar-refractivity contribution < 1.29 is 5.11 Å². The average molecular weight is 530 g/mol. The van der Waals surface area contributed by atoms with Gasteiger partial charge in [-0.2, -0.15) is 0 Å². The van der Waals surface area contributed by atoms with Crippen LogP contribution in [0, 0.1) is 0 Å². The first-order valence-electron chi connectivity index (χ1n) is 14.3. The Morgan fingerprint density at radius 2 is 1.11 bits per heavy atom. The second kappa shape index (κ2) is 28.0. The summed E-state index contributed by atoms with van der Waals surface area (Å²) in [6.45, 7) is 17.2. The molecule has 0 unspecified atom stereocenters. The topological polar surface area (TPSA) is 36.0 Å². The number of fused-ring (bicyclic) bond motifs is 1. The van der Waals surface area contributed by atoms with E-state index < -0.39 is 0 Å². The summed E-state index contributed by atoms with van der Waals surface area (Å²) in [5.41, 5.74) is 7.20. The van der Waals surface area contributed by atoms with Crippen molar-refractivity contribution in [3.05, 3.63) is 70.9 Å². The number of unbranched alkanes of at least 4 members (excludes halogenated alkanes) is 2. The van der Waals surface area contributed by atoms with E-state index in [0.29, 0.717) is 0 Å². The van der Waals surface area contributed by atoms with Crippen LogP contribution in [0.1, 0.15) is 139 Å². The van der Waals surface area contributed by atoms with Crippen LogP contribution in [0.2, 0.25) is 0 Å². The minimum atomic E-state index is -0.0648. The first-order chi connectivity index (χ1) is 17.0. The predicted molar refractivity (Wildman–Crippen MR) is 179 cm³/mol. The zero-order valence-corrected chi connectivity index (χ0v) is 24.2. The van der Waals surface area contributed by atoms with Gasteiger partial charge in [0.1, 0.15) is 0 Å². The van der Waals surface area contributed by atoms with E-state index in [1.165, 1.54) is 65.4 Å². The number of hydrogen-bond acceptors (Lipinski definition) is 1. The van der Waals surface area contributed by atoms with Gasteiger partial charge in [-0.3, -0.25) is 0 Å². The van der Waals surface area contributed by atoms with Gasteiger partial charge < -0.3 is 10.1 Å². The highest BCUT2D eigenvalue weighted by Gasteiger charge is 2.07. The molecule has 2 heteroatoms. The Balaban J connectivity index is -0.000000214. The molecule has 1 heterocycles. The standard InChI is InChI=1S/C13H17N.C10H14.C5H12O.C5H12.3CH4/c1-3-7-10-11-8-5-6-9-13(11)14-12(10)4-2;1-3-9-7-5-6-8-10(9)4-2;1-3-5(6)4-2;1-3-5-4-2;;;/h5-6,8-9,14H,3-4,7H2,1-2H3;5-8H,3-4H2,1-2H3;5-6H,3-4H2,1-2H3;3-5H2,1-2H3;3*1H4. The molecule has 0 aliphatic heterocycles. The summed E-state index contributed by atoms with van der Waals surface area (Å²) in [6.07, 6.45) is 11.6. The predicted octanol–water partition coefficient (Wildman–Crippen LogP) is 11.8. The Kier molecular flexibility index (Phi) is 31.6. The number of aliphatic hydroxyl groups excluding tert-OH is 1. The largest absolute Gasteiger partial charge is 0.393 e. The Labute approximate surface area is 239 Å². The number of H-pyrrole nitrogens is 1. The average Bonchev–Trinajstić information content (AvgIpc) is 3.27. The first-order valence-corrected chi connectivity index (χ1v) is 14.3. The van der Waals surface area contributed by atoms with Crippen LogP contribution in [0.25, 0.3) is 10.9 Å². The Morgan fingerprint density at radius 3 is 1.45 bits per heavy atom. The van der Waals surface area contributed by atoms with Crippen molar-refractivity contribution in [2.24, 2.45) is 0 Å². The summed E-state index contributed by atoms with van der Waals surface area (Å²) in [5.74, 6) is 0. The number of nitrogens with one attached hydrogen (secondary N) is 1. The molecule has 0 saturated heterocycles. The summed E-state index contributed by atoms with van der Waals surface area (Å²) in [7, 11) is 0. The van der Waals surface area contributed by atoms with Crippen molar-refractivity contribution in [1.82, 2.24) is 4.98 Å². The molecular formula is C36H67NO. The van der Waals surface area contributed by atoms with Gasteiger partial charge in [0.15, 0.2) is 0 Å². The third-order valence-electron chi connectivity index (χ3n) is 6.29. The molecular weight excluding hydrogens is 462 g/mol. The third kappa shape index (κ3) is 16.7. The van der Waals surface area contributed by atoms with Crippen LogP contribution < -0.4 is 0 Å². The minimum Gasteiger partial charge on any atom is -0.393 e. The van der Waals surface area contributed by atoms with E-state index in [1.807, 2.05) is 13.8 Å². The minimum absolute atomic E-state index is 0. The van der Waals surface area contributed by atoms with Gasteiger partial charge in [0.25, 0.3) is 0 Å². The number of aryl methyl sites for hydroxylation is 4. The van der Waals surface area contributed by atoms with Crippen LogP contribution in [-0.2, 0) is 25.7 Å². The quantitative estimate of drug-likeness (QED) is 0.284. The molecule has 2 N–H and O–H groups in total. The van der Waals surface area contributed by atoms with E-state index in [4.69, 9.17) is 5.11 Å². The number of aliphatic hydroxyl groups is 1. The molecule has 0 saturated carbocycles. The maximum atomic E-state index is 8.67. The maximum absolute atomic E-state index is 8.67. The molecule has 0 radical (unpaired) electrons. The Bertz CT molecular complexity index is 851. The van der Waals surface area contributed by atoms with Gasteiger partial charge in [-0.15, -0.1) is 0 Å². The molecule has 0 aliphatic carbocycles. The van der Waals surface area contributed by atoms with Crippen molar-refractivity contribution >= 4 is 10.9 Å². The lowest BCUT2D eigenvalue weighted by molar-refractivity contribution is 0.166. The molecule has 222 valence electrons. The first kappa shape index (κ1) is 43.0. The lowest BCUT2D eigenvalue weighted by Gasteiger charge is -2.02. The number of para-hydroxylation sites is 1. The van der Waals surface area contributed by atoms with Gasteiger partial charge in [-0.25, -0.2) is 0 Å². The zero-order chi connectivity index (χ0) is 26.5. The Morgan fingerprint density at radius 1 is 0.632 bits per heavy atom. The van der Waals surface area contributed by atoms with E-state index in [2.05, 4.69) is 95.1 Å². The van der Waals surface area contributed by atoms with E-state index in [-0.39, 0.29) is 28.4 Å². The van der Waals surface area contributed by atoms with Crippen LogP contribution in [0.4, 0.5) is 0 Å². The van der Waals surface area contributed by atoms with Crippen molar-refractivity contribution in [2.45, 2.75) is 148 Å². The smallest absolute Gasteiger partial charge is 0.0535 e. The molecule has 0 bridgehead atoms. The lowest BCUT2D eigenvalue weighted by Crippen LogP contribution is -1.99. The molecule has 1 aromatic heterocycles. The van der Waals surface area contributed by atoms with Crippen LogP contribution in [0.15, 0.2) is 48.5 Å². The van der Waals surface area contributed by atoms with Crippen molar-refractivity contribution in [3.8, 4) is 0 Å². The van der Waals surface area contributed by atoms with Gasteiger partial charge >= 0.3 is 0 Å². The molecule has 0 atom stereocenters. The lowest BCUT2D eigenvalue weighted by atomic mass is 10.0. The fourth-order valence-corrected chi connectivity index (χ4v) is 3.98. The number of rotatable bonds is 9. The second-order valence-corrected chi connectivity index (χ2v) is 9.03. The fraction of sp³-hybridized carbons (Fsp3) is 0.611. The molecule has 3 aromatic rings. The molecule has 0 amide bonds. The van der Waals surface area contributed by atoms with Gasteiger partial charge in [-0.05, 0) is 61.3 Å². The van der Waals surface area contributed by atoms with Gasteiger partial charge in [0.2, 0.25) is 0 Å². The van der Waals surface area contributed by atoms with Crippen LogP contribution in [0.5, 0.6) is 0 Å². The molecule has 38 heavy (non-hydrogen) atoms. The summed E-state index contributed by atoms with van der Waals surface area (Å²) in [6, 6.07) is 17.2. The highest BCUT2D eigenvalue weighted by atomic mass is 16.3. The number of benzene rings is 2. The summed E-state index contributed by atoms with van der Waals surface area (Å²) in [5, 5.41) is 10.1. The van der Waals surface area contributed by atoms with Gasteiger partial charge in [0.05, 0.1) is 6.10 Å². The number of aromatic nitrogens is 1. The molecule has 2 nitrogen and oxygen atoms in total. The van der Waals surface area contributed by atoms with Crippen molar-refractivity contribution in [2.75, 3.05) is 0 Å². The summed E-state index contributed by atoms with van der Waals surface area (Å²) < 4.78 is 0. The normalized spacial score (nSPS) is 9.32. The maximum Gasteiger partial charge on any atom is 0.0535 e. The van der Waals surface area contributed by atoms with Gasteiger partial charge in [0, 0.05) is 16.6 Å². The third-order valence-corrected chi connectivity index (χ3v) is 6.29. The fourth-order valence-electron chi connectivity index (χ4n) is 3.98.